The summed E-state index contributed by atoms with van der Waals surface area (Å²) in [6.07, 6.45) is 3.22. The van der Waals surface area contributed by atoms with Crippen LogP contribution >= 0.6 is 7.37 Å². The van der Waals surface area contributed by atoms with E-state index in [1.165, 1.54) is 6.08 Å². The van der Waals surface area contributed by atoms with Gasteiger partial charge in [0.1, 0.15) is 11.5 Å². The third kappa shape index (κ3) is 2.24. The molecule has 5 heteroatoms. The zero-order valence-corrected chi connectivity index (χ0v) is 15.3. The summed E-state index contributed by atoms with van der Waals surface area (Å²) in [6, 6.07) is 19.9. The molecule has 0 saturated carbocycles. The van der Waals surface area contributed by atoms with E-state index in [0.29, 0.717) is 16.6 Å². The van der Waals surface area contributed by atoms with Gasteiger partial charge in [-0.1, -0.05) is 54.6 Å². The molecule has 1 heterocycles. The summed E-state index contributed by atoms with van der Waals surface area (Å²) in [7, 11) is -3.71. The lowest BCUT2D eigenvalue weighted by Crippen LogP contribution is -2.39. The molecule has 5 rings (SSSR count). The fraction of sp³-hybridized carbons (Fsp3) is 0.0909. The largest absolute Gasteiger partial charge is 0.507 e. The van der Waals surface area contributed by atoms with Crippen LogP contribution < -0.4 is 9.83 Å². The molecule has 2 atom stereocenters. The van der Waals surface area contributed by atoms with Crippen LogP contribution in [0.15, 0.2) is 72.8 Å². The minimum atomic E-state index is -3.71. The smallest absolute Gasteiger partial charge is 0.312 e. The van der Waals surface area contributed by atoms with Crippen LogP contribution in [0.1, 0.15) is 11.1 Å². The Morgan fingerprint density at radius 1 is 0.926 bits per heavy atom. The molecule has 3 aromatic rings. The molecule has 0 aromatic heterocycles. The Morgan fingerprint density at radius 3 is 2.52 bits per heavy atom. The Kier molecular flexibility index (Phi) is 3.39. The summed E-state index contributed by atoms with van der Waals surface area (Å²) in [5, 5.41) is 20.4. The number of fused-ring (bicyclic) bond motifs is 4. The highest BCUT2D eigenvalue weighted by Crippen LogP contribution is 2.64. The SMILES string of the molecule is O=P1(C2(O)C=Cc3c(O)cccc3C2)Oc2ccccc2-c2ccccc21. The van der Waals surface area contributed by atoms with Crippen molar-refractivity contribution in [2.75, 3.05) is 0 Å². The Labute approximate surface area is 156 Å². The zero-order valence-electron chi connectivity index (χ0n) is 14.4. The van der Waals surface area contributed by atoms with E-state index in [4.69, 9.17) is 4.52 Å². The summed E-state index contributed by atoms with van der Waals surface area (Å²) >= 11 is 0. The Morgan fingerprint density at radius 2 is 1.67 bits per heavy atom. The van der Waals surface area contributed by atoms with Crippen LogP contribution in [0.2, 0.25) is 0 Å². The van der Waals surface area contributed by atoms with Gasteiger partial charge in [-0.3, -0.25) is 4.57 Å². The molecule has 0 spiro atoms. The number of rotatable bonds is 1. The van der Waals surface area contributed by atoms with E-state index >= 15 is 0 Å². The number of phenolic OH excluding ortho intramolecular Hbond substituents is 1. The van der Waals surface area contributed by atoms with Crippen molar-refractivity contribution in [3.05, 3.63) is 83.9 Å². The van der Waals surface area contributed by atoms with Crippen LogP contribution in [0.5, 0.6) is 11.5 Å². The Balaban J connectivity index is 1.71. The highest BCUT2D eigenvalue weighted by atomic mass is 31.2. The maximum Gasteiger partial charge on any atom is 0.312 e. The molecule has 27 heavy (non-hydrogen) atoms. The van der Waals surface area contributed by atoms with E-state index < -0.39 is 12.7 Å². The average Bonchev–Trinajstić information content (AvgIpc) is 2.68. The topological polar surface area (TPSA) is 66.8 Å². The first-order valence-corrected chi connectivity index (χ1v) is 10.4. The average molecular weight is 376 g/mol. The molecule has 134 valence electrons. The van der Waals surface area contributed by atoms with Crippen LogP contribution in [-0.4, -0.2) is 15.6 Å². The maximum atomic E-state index is 14.2. The molecule has 0 saturated heterocycles. The second kappa shape index (κ2) is 5.59. The van der Waals surface area contributed by atoms with Gasteiger partial charge in [-0.25, -0.2) is 0 Å². The molecule has 2 N–H and O–H groups in total. The standard InChI is InChI=1S/C22H17O4P/c23-19-9-5-6-15-14-22(24,13-12-16(15)19)27(25)21-11-4-2-8-18(21)17-7-1-3-10-20(17)26-27/h1-13,23-24H,14H2. The van der Waals surface area contributed by atoms with E-state index in [9.17, 15) is 14.8 Å². The number of benzene rings is 3. The second-order valence-electron chi connectivity index (χ2n) is 6.89. The molecule has 0 bridgehead atoms. The van der Waals surface area contributed by atoms with Crippen LogP contribution in [0, 0.1) is 0 Å². The monoisotopic (exact) mass is 376 g/mol. The second-order valence-corrected chi connectivity index (χ2v) is 9.44. The van der Waals surface area contributed by atoms with Gasteiger partial charge in [-0.05, 0) is 35.4 Å². The van der Waals surface area contributed by atoms with Crippen molar-refractivity contribution in [2.45, 2.75) is 11.8 Å². The van der Waals surface area contributed by atoms with Gasteiger partial charge in [0.05, 0.1) is 5.30 Å². The molecule has 0 amide bonds. The van der Waals surface area contributed by atoms with Crippen molar-refractivity contribution in [3.63, 3.8) is 0 Å². The minimum Gasteiger partial charge on any atom is -0.507 e. The van der Waals surface area contributed by atoms with Crippen molar-refractivity contribution in [1.82, 2.24) is 0 Å². The zero-order chi connectivity index (χ0) is 18.6. The van der Waals surface area contributed by atoms with Gasteiger partial charge in [-0.2, -0.15) is 0 Å². The van der Waals surface area contributed by atoms with Gasteiger partial charge < -0.3 is 14.7 Å². The van der Waals surface area contributed by atoms with Gasteiger partial charge in [0.25, 0.3) is 0 Å². The minimum absolute atomic E-state index is 0.0982. The molecule has 2 unspecified atom stereocenters. The van der Waals surface area contributed by atoms with Crippen molar-refractivity contribution in [2.24, 2.45) is 0 Å². The molecule has 1 aliphatic heterocycles. The Hall–Kier alpha value is -2.81. The molecule has 0 radical (unpaired) electrons. The van der Waals surface area contributed by atoms with E-state index in [1.54, 1.807) is 36.4 Å². The fourth-order valence-corrected chi connectivity index (χ4v) is 6.46. The molecule has 1 aliphatic carbocycles. The van der Waals surface area contributed by atoms with Crippen LogP contribution in [0.4, 0.5) is 0 Å². The van der Waals surface area contributed by atoms with Crippen molar-refractivity contribution in [1.29, 1.82) is 0 Å². The summed E-state index contributed by atoms with van der Waals surface area (Å²) < 4.78 is 20.2. The van der Waals surface area contributed by atoms with Gasteiger partial charge in [0, 0.05) is 17.5 Å². The summed E-state index contributed by atoms with van der Waals surface area (Å²) in [6.45, 7) is 0. The van der Waals surface area contributed by atoms with Gasteiger partial charge in [-0.15, -0.1) is 0 Å². The fourth-order valence-electron chi connectivity index (χ4n) is 3.91. The molecular formula is C22H17O4P. The Bertz CT molecular complexity index is 1150. The lowest BCUT2D eigenvalue weighted by atomic mass is 9.94. The number of phenols is 1. The summed E-state index contributed by atoms with van der Waals surface area (Å²) in [5.74, 6) is 0.641. The number of hydrogen-bond donors (Lipinski definition) is 2. The van der Waals surface area contributed by atoms with Crippen LogP contribution in [0.25, 0.3) is 17.2 Å². The lowest BCUT2D eigenvalue weighted by Gasteiger charge is -2.39. The van der Waals surface area contributed by atoms with Gasteiger partial charge >= 0.3 is 7.37 Å². The maximum absolute atomic E-state index is 14.2. The molecular weight excluding hydrogens is 359 g/mol. The highest BCUT2D eigenvalue weighted by Gasteiger charge is 2.53. The van der Waals surface area contributed by atoms with E-state index in [0.717, 1.165) is 16.7 Å². The first-order chi connectivity index (χ1) is 13.0. The van der Waals surface area contributed by atoms with E-state index in [2.05, 4.69) is 0 Å². The third-order valence-electron chi connectivity index (χ3n) is 5.28. The molecule has 0 fully saturated rings. The molecule has 2 aliphatic rings. The van der Waals surface area contributed by atoms with Crippen LogP contribution in [0.3, 0.4) is 0 Å². The molecule has 4 nitrogen and oxygen atoms in total. The van der Waals surface area contributed by atoms with Crippen molar-refractivity contribution < 1.29 is 19.3 Å². The first kappa shape index (κ1) is 16.4. The van der Waals surface area contributed by atoms with Crippen LogP contribution in [-0.2, 0) is 11.0 Å². The number of aromatic hydroxyl groups is 1. The van der Waals surface area contributed by atoms with Crippen molar-refractivity contribution in [3.8, 4) is 22.6 Å². The number of aliphatic hydroxyl groups is 1. The highest BCUT2D eigenvalue weighted by molar-refractivity contribution is 7.69. The van der Waals surface area contributed by atoms with Gasteiger partial charge in [0.15, 0.2) is 5.34 Å². The molecule has 3 aromatic carbocycles. The quantitative estimate of drug-likeness (QED) is 0.621. The lowest BCUT2D eigenvalue weighted by molar-refractivity contribution is 0.161. The summed E-state index contributed by atoms with van der Waals surface area (Å²) in [5.41, 5.74) is 3.04. The predicted molar refractivity (Wildman–Crippen MR) is 106 cm³/mol. The normalized spacial score (nSPS) is 25.1. The number of para-hydroxylation sites is 1. The first-order valence-electron chi connectivity index (χ1n) is 8.73. The van der Waals surface area contributed by atoms with Crippen molar-refractivity contribution >= 4 is 18.7 Å². The summed E-state index contributed by atoms with van der Waals surface area (Å²) in [4.78, 5) is 0. The predicted octanol–water partition coefficient (Wildman–Crippen LogP) is 4.31. The van der Waals surface area contributed by atoms with E-state index in [-0.39, 0.29) is 12.2 Å². The van der Waals surface area contributed by atoms with Gasteiger partial charge in [0.2, 0.25) is 0 Å². The van der Waals surface area contributed by atoms with E-state index in [1.807, 2.05) is 36.4 Å². The number of hydrogen-bond acceptors (Lipinski definition) is 4. The third-order valence-corrected chi connectivity index (χ3v) is 8.08.